The molecule has 0 bridgehead atoms. The largest absolute Gasteiger partial charge is 0.309 e. The van der Waals surface area contributed by atoms with E-state index in [2.05, 4.69) is 388 Å². The van der Waals surface area contributed by atoms with Gasteiger partial charge in [-0.2, -0.15) is 0 Å². The molecule has 26 aromatic rings. The summed E-state index contributed by atoms with van der Waals surface area (Å²) >= 11 is 0. The Morgan fingerprint density at radius 2 is 0.477 bits per heavy atom. The zero-order valence-corrected chi connectivity index (χ0v) is 68.9. The summed E-state index contributed by atoms with van der Waals surface area (Å²) in [6.07, 6.45) is 0. The smallest absolute Gasteiger partial charge is 0.164 e. The molecule has 0 saturated carbocycles. The van der Waals surface area contributed by atoms with Crippen LogP contribution in [0.5, 0.6) is 0 Å². The summed E-state index contributed by atoms with van der Waals surface area (Å²) in [7, 11) is 0. The molecule has 28 rings (SSSR count). The Morgan fingerprint density at radius 1 is 0.141 bits per heavy atom. The van der Waals surface area contributed by atoms with Crippen molar-refractivity contribution in [1.29, 1.82) is 0 Å². The Morgan fingerprint density at radius 3 is 0.984 bits per heavy atom. The lowest BCUT2D eigenvalue weighted by atomic mass is 9.91. The van der Waals surface area contributed by atoms with Gasteiger partial charge in [-0.3, -0.25) is 0 Å². The number of hydrogen-bond acceptors (Lipinski definition) is 6. The zero-order chi connectivity index (χ0) is 83.8. The van der Waals surface area contributed by atoms with Gasteiger partial charge in [0, 0.05) is 98.9 Å². The van der Waals surface area contributed by atoms with Gasteiger partial charge in [0.25, 0.3) is 0 Å². The van der Waals surface area contributed by atoms with Gasteiger partial charge in [-0.15, -0.1) is 0 Å². The summed E-state index contributed by atoms with van der Waals surface area (Å²) in [5.74, 6) is 3.85. The topological polar surface area (TPSA) is 97.1 Å². The molecule has 0 atom stereocenters. The number of fused-ring (bicyclic) bond motifs is 14. The number of rotatable bonds is 10. The Labute approximate surface area is 733 Å². The van der Waals surface area contributed by atoms with Gasteiger partial charge >= 0.3 is 0 Å². The SMILES string of the molecule is c1ccc(-c2nc(-c3ccc(-n4c5cccc6c5c5c7c(cccc7ccc54)-c4cc5c7ccccc7n(-c7ccccc7)c5cc4-6)cc3)nc(-c3ccc4ccccc4c3)n2)cc1.c1ccc(-c2nc(-c3ccccc3)nc(-c3ccc(-n4c5cccc6c5c5c7c(cccc7ccc54)-c4cc5c7ccccc7n(-c7ccccc7)c5cc4-6)c4ccccc34)n2)cc1. The fraction of sp³-hybridized carbons (Fsp3) is 0. The Hall–Kier alpha value is -17.3. The normalized spacial score (nSPS) is 12.1. The molecule has 6 aromatic heterocycles. The van der Waals surface area contributed by atoms with Gasteiger partial charge < -0.3 is 18.3 Å². The van der Waals surface area contributed by atoms with Gasteiger partial charge in [-0.05, 0) is 210 Å². The molecule has 0 aliphatic heterocycles. The van der Waals surface area contributed by atoms with Crippen molar-refractivity contribution in [3.63, 3.8) is 0 Å². The second kappa shape index (κ2) is 28.1. The average Bonchev–Trinajstić information content (AvgIpc) is 1.53. The molecule has 2 aliphatic rings. The van der Waals surface area contributed by atoms with Crippen LogP contribution >= 0.6 is 0 Å². The first-order valence-electron chi connectivity index (χ1n) is 43.6. The number of benzene rings is 20. The summed E-state index contributed by atoms with van der Waals surface area (Å²) in [6.45, 7) is 0. The molecule has 0 fully saturated rings. The van der Waals surface area contributed by atoms with Gasteiger partial charge in [0.1, 0.15) is 0 Å². The molecule has 0 unspecified atom stereocenters. The molecule has 128 heavy (non-hydrogen) atoms. The molecule has 10 nitrogen and oxygen atoms in total. The predicted octanol–water partition coefficient (Wildman–Crippen LogP) is 30.0. The molecule has 20 aromatic carbocycles. The lowest BCUT2D eigenvalue weighted by Crippen LogP contribution is -2.01. The molecule has 6 heterocycles. The number of nitrogens with zero attached hydrogens (tertiary/aromatic N) is 10. The van der Waals surface area contributed by atoms with Crippen LogP contribution in [0.25, 0.3) is 266 Å². The molecule has 0 saturated heterocycles. The van der Waals surface area contributed by atoms with E-state index in [1.807, 2.05) is 54.6 Å². The summed E-state index contributed by atoms with van der Waals surface area (Å²) in [5.41, 5.74) is 29.6. The van der Waals surface area contributed by atoms with Crippen molar-refractivity contribution < 1.29 is 0 Å². The number of hydrogen-bond donors (Lipinski definition) is 0. The van der Waals surface area contributed by atoms with Crippen LogP contribution in [0.1, 0.15) is 0 Å². The van der Waals surface area contributed by atoms with E-state index in [4.69, 9.17) is 29.9 Å². The maximum Gasteiger partial charge on any atom is 0.164 e. The molecular weight excluding hydrogens is 1560 g/mol. The van der Waals surface area contributed by atoms with E-state index >= 15 is 0 Å². The van der Waals surface area contributed by atoms with Crippen LogP contribution in [0.15, 0.2) is 425 Å². The Bertz CT molecular complexity index is 9110. The maximum absolute atomic E-state index is 5.16. The number of para-hydroxylation sites is 4. The molecule has 2 aliphatic carbocycles. The summed E-state index contributed by atoms with van der Waals surface area (Å²) in [4.78, 5) is 30.5. The van der Waals surface area contributed by atoms with Crippen LogP contribution < -0.4 is 0 Å². The highest BCUT2D eigenvalue weighted by atomic mass is 15.1. The first-order valence-corrected chi connectivity index (χ1v) is 43.6. The standard InChI is InChI=1S/2C59H35N5/c1-4-16-37(17-5-1)57-60-58(38-18-6-2-7-19-38)62-59(61-57)45-31-33-50(41-24-11-10-23-40(41)45)64-51-29-15-27-44-47-35-53-48(42-25-12-13-28-49(42)63(53)39-21-8-3-9-22-39)34-46(47)43-26-14-20-36-30-32-52(64)56(54(36)43)55(44)51;1-3-14-38(15-4-1)57-60-58(62-59(61-57)41-26-25-36-13-7-8-16-40(36)33-41)39-27-30-43(31-28-39)64-51-24-12-22-46-48-35-53-49(44-20-9-10-23-50(44)63(53)42-18-5-2-6-19-42)34-47(48)45-21-11-17-37-29-32-52(64)56(54(37)45)55(46)51/h2*1-35H. The third-order valence-electron chi connectivity index (χ3n) is 26.5. The van der Waals surface area contributed by atoms with Crippen molar-refractivity contribution in [2.75, 3.05) is 0 Å². The van der Waals surface area contributed by atoms with Crippen molar-refractivity contribution >= 4 is 130 Å². The monoisotopic (exact) mass is 1630 g/mol. The molecule has 0 spiro atoms. The van der Waals surface area contributed by atoms with Crippen molar-refractivity contribution in [2.24, 2.45) is 0 Å². The third-order valence-corrected chi connectivity index (χ3v) is 26.5. The van der Waals surface area contributed by atoms with E-state index < -0.39 is 0 Å². The highest BCUT2D eigenvalue weighted by molar-refractivity contribution is 6.34. The van der Waals surface area contributed by atoms with Crippen molar-refractivity contribution in [3.05, 3.63) is 425 Å². The lowest BCUT2D eigenvalue weighted by Gasteiger charge is -2.17. The van der Waals surface area contributed by atoms with Crippen LogP contribution in [0.3, 0.4) is 0 Å². The molecule has 0 N–H and O–H groups in total. The first kappa shape index (κ1) is 71.3. The maximum atomic E-state index is 5.16. The van der Waals surface area contributed by atoms with Gasteiger partial charge in [-0.25, -0.2) is 29.9 Å². The van der Waals surface area contributed by atoms with E-state index in [9.17, 15) is 0 Å². The minimum Gasteiger partial charge on any atom is -0.309 e. The van der Waals surface area contributed by atoms with Gasteiger partial charge in [0.05, 0.1) is 49.8 Å². The van der Waals surface area contributed by atoms with E-state index in [1.165, 1.54) is 159 Å². The summed E-state index contributed by atoms with van der Waals surface area (Å²) in [6, 6.07) is 153. The fourth-order valence-electron chi connectivity index (χ4n) is 21.0. The fourth-order valence-corrected chi connectivity index (χ4v) is 21.0. The number of aromatic nitrogens is 10. The van der Waals surface area contributed by atoms with Gasteiger partial charge in [-0.1, -0.05) is 297 Å². The van der Waals surface area contributed by atoms with Gasteiger partial charge in [0.15, 0.2) is 34.9 Å². The van der Waals surface area contributed by atoms with Crippen LogP contribution in [0, 0.1) is 0 Å². The van der Waals surface area contributed by atoms with E-state index in [0.29, 0.717) is 34.9 Å². The lowest BCUT2D eigenvalue weighted by molar-refractivity contribution is 1.07. The van der Waals surface area contributed by atoms with Crippen molar-refractivity contribution in [1.82, 2.24) is 48.2 Å². The molecule has 0 radical (unpaired) electrons. The van der Waals surface area contributed by atoms with Crippen LogP contribution in [0.2, 0.25) is 0 Å². The Balaban J connectivity index is 0.000000132. The van der Waals surface area contributed by atoms with E-state index in [0.717, 1.165) is 72.3 Å². The molecule has 10 heteroatoms. The quantitative estimate of drug-likeness (QED) is 0.135. The van der Waals surface area contributed by atoms with Crippen molar-refractivity contribution in [3.8, 4) is 136 Å². The van der Waals surface area contributed by atoms with E-state index in [1.54, 1.807) is 0 Å². The van der Waals surface area contributed by atoms with Gasteiger partial charge in [0.2, 0.25) is 0 Å². The third kappa shape index (κ3) is 10.9. The highest BCUT2D eigenvalue weighted by Gasteiger charge is 2.31. The average molecular weight is 1630 g/mol. The van der Waals surface area contributed by atoms with E-state index in [-0.39, 0.29) is 0 Å². The zero-order valence-electron chi connectivity index (χ0n) is 68.9. The minimum atomic E-state index is 0.633. The predicted molar refractivity (Wildman–Crippen MR) is 529 cm³/mol. The minimum absolute atomic E-state index is 0.633. The van der Waals surface area contributed by atoms with Crippen molar-refractivity contribution in [2.45, 2.75) is 0 Å². The summed E-state index contributed by atoms with van der Waals surface area (Å²) < 4.78 is 9.77. The second-order valence-electron chi connectivity index (χ2n) is 33.5. The van der Waals surface area contributed by atoms with Crippen LogP contribution in [0.4, 0.5) is 0 Å². The highest BCUT2D eigenvalue weighted by Crippen LogP contribution is 2.55. The van der Waals surface area contributed by atoms with Crippen LogP contribution in [-0.2, 0) is 0 Å². The van der Waals surface area contributed by atoms with Crippen LogP contribution in [-0.4, -0.2) is 48.2 Å². The molecule has 0 amide bonds. The molecular formula is C118H70N10. The second-order valence-corrected chi connectivity index (χ2v) is 33.5. The first-order chi connectivity index (χ1) is 63.5. The molecule has 592 valence electrons. The Kier molecular flexibility index (Phi) is 15.6. The summed E-state index contributed by atoms with van der Waals surface area (Å²) in [5, 5.41) is 19.7.